The molecule has 1 aliphatic rings. The minimum absolute atomic E-state index is 0.0315. The summed E-state index contributed by atoms with van der Waals surface area (Å²) in [7, 11) is 1.36. The van der Waals surface area contributed by atoms with Crippen LogP contribution in [0.5, 0.6) is 28.7 Å². The van der Waals surface area contributed by atoms with Crippen LogP contribution in [-0.2, 0) is 0 Å². The molecule has 2 aromatic carbocycles. The number of carbonyl (C=O) groups is 1. The number of allylic oxidation sites excluding steroid dienone is 1. The molecule has 0 atom stereocenters. The molecule has 0 fully saturated rings. The van der Waals surface area contributed by atoms with Crippen molar-refractivity contribution in [1.29, 1.82) is 0 Å². The van der Waals surface area contributed by atoms with Crippen molar-refractivity contribution in [2.24, 2.45) is 0 Å². The lowest BCUT2D eigenvalue weighted by atomic mass is 10.1. The van der Waals surface area contributed by atoms with Crippen LogP contribution in [0, 0.1) is 0 Å². The molecule has 2 aromatic rings. The van der Waals surface area contributed by atoms with Crippen molar-refractivity contribution in [2.75, 3.05) is 7.11 Å². The number of ketones is 1. The second-order valence-electron chi connectivity index (χ2n) is 4.68. The van der Waals surface area contributed by atoms with Crippen molar-refractivity contribution >= 4 is 11.9 Å². The van der Waals surface area contributed by atoms with Crippen molar-refractivity contribution in [3.8, 4) is 28.7 Å². The summed E-state index contributed by atoms with van der Waals surface area (Å²) in [5.74, 6) is -0.768. The lowest BCUT2D eigenvalue weighted by Gasteiger charge is -2.07. The number of rotatable bonds is 2. The average molecular weight is 300 g/mol. The lowest BCUT2D eigenvalue weighted by molar-refractivity contribution is 0.101. The van der Waals surface area contributed by atoms with E-state index in [1.807, 2.05) is 0 Å². The molecule has 0 spiro atoms. The highest BCUT2D eigenvalue weighted by molar-refractivity contribution is 6.15. The molecule has 112 valence electrons. The van der Waals surface area contributed by atoms with Crippen LogP contribution in [0.4, 0.5) is 0 Å². The average Bonchev–Trinajstić information content (AvgIpc) is 2.79. The van der Waals surface area contributed by atoms with Gasteiger partial charge < -0.3 is 24.8 Å². The minimum atomic E-state index is -0.360. The molecule has 3 N–H and O–H groups in total. The van der Waals surface area contributed by atoms with Gasteiger partial charge in [0.1, 0.15) is 0 Å². The highest BCUT2D eigenvalue weighted by Crippen LogP contribution is 2.45. The number of hydrogen-bond donors (Lipinski definition) is 3. The number of fused-ring (bicyclic) bond motifs is 1. The van der Waals surface area contributed by atoms with Gasteiger partial charge in [-0.1, -0.05) is 6.07 Å². The summed E-state index contributed by atoms with van der Waals surface area (Å²) in [6.07, 6.45) is 1.43. The summed E-state index contributed by atoms with van der Waals surface area (Å²) in [5.41, 5.74) is 0.763. The molecule has 0 amide bonds. The fraction of sp³-hybridized carbons (Fsp3) is 0.0625. The number of aromatic hydroxyl groups is 3. The van der Waals surface area contributed by atoms with Crippen molar-refractivity contribution < 1.29 is 29.6 Å². The number of benzene rings is 2. The molecule has 0 unspecified atom stereocenters. The molecule has 1 aliphatic heterocycles. The molecular weight excluding hydrogens is 288 g/mol. The Balaban J connectivity index is 2.03. The smallest absolute Gasteiger partial charge is 0.232 e. The predicted molar refractivity (Wildman–Crippen MR) is 77.4 cm³/mol. The summed E-state index contributed by atoms with van der Waals surface area (Å²) >= 11 is 0. The van der Waals surface area contributed by atoms with Crippen LogP contribution in [0.2, 0.25) is 0 Å². The molecule has 0 aliphatic carbocycles. The normalized spacial score (nSPS) is 14.8. The van der Waals surface area contributed by atoms with Crippen molar-refractivity contribution in [1.82, 2.24) is 0 Å². The van der Waals surface area contributed by atoms with E-state index in [0.717, 1.165) is 0 Å². The fourth-order valence-corrected chi connectivity index (χ4v) is 2.20. The van der Waals surface area contributed by atoms with Gasteiger partial charge in [0.15, 0.2) is 28.8 Å². The van der Waals surface area contributed by atoms with Crippen LogP contribution in [0.25, 0.3) is 6.08 Å². The van der Waals surface area contributed by atoms with Crippen LogP contribution >= 0.6 is 0 Å². The molecule has 0 radical (unpaired) electrons. The number of phenols is 3. The summed E-state index contributed by atoms with van der Waals surface area (Å²) in [5, 5.41) is 28.5. The number of carbonyl (C=O) groups excluding carboxylic acids is 1. The number of phenolic OH excluding ortho intramolecular Hbond substituents is 3. The largest absolute Gasteiger partial charge is 0.504 e. The van der Waals surface area contributed by atoms with Crippen molar-refractivity contribution in [3.05, 3.63) is 47.2 Å². The first kappa shape index (κ1) is 13.8. The Kier molecular flexibility index (Phi) is 3.14. The SMILES string of the molecule is COc1c(O)ccc2c1O/C(=C/c1ccc(O)c(O)c1)C2=O. The van der Waals surface area contributed by atoms with E-state index in [1.54, 1.807) is 0 Å². The van der Waals surface area contributed by atoms with Gasteiger partial charge in [0.25, 0.3) is 0 Å². The van der Waals surface area contributed by atoms with Gasteiger partial charge in [-0.25, -0.2) is 0 Å². The van der Waals surface area contributed by atoms with Gasteiger partial charge in [-0.05, 0) is 35.9 Å². The van der Waals surface area contributed by atoms with Gasteiger partial charge in [-0.15, -0.1) is 0 Å². The van der Waals surface area contributed by atoms with Crippen LogP contribution in [0.1, 0.15) is 15.9 Å². The maximum Gasteiger partial charge on any atom is 0.232 e. The number of hydrogen-bond acceptors (Lipinski definition) is 6. The molecule has 22 heavy (non-hydrogen) atoms. The van der Waals surface area contributed by atoms with E-state index in [0.29, 0.717) is 5.56 Å². The zero-order chi connectivity index (χ0) is 15.9. The molecule has 3 rings (SSSR count). The maximum absolute atomic E-state index is 12.3. The van der Waals surface area contributed by atoms with E-state index in [1.165, 1.54) is 43.5 Å². The number of Topliss-reactive ketones (excluding diaryl/α,β-unsaturated/α-hetero) is 1. The first-order valence-electron chi connectivity index (χ1n) is 6.37. The maximum atomic E-state index is 12.3. The van der Waals surface area contributed by atoms with Gasteiger partial charge in [-0.2, -0.15) is 0 Å². The van der Waals surface area contributed by atoms with E-state index >= 15 is 0 Å². The third-order valence-electron chi connectivity index (χ3n) is 3.27. The van der Waals surface area contributed by atoms with Gasteiger partial charge >= 0.3 is 0 Å². The van der Waals surface area contributed by atoms with E-state index < -0.39 is 0 Å². The van der Waals surface area contributed by atoms with E-state index in [-0.39, 0.29) is 45.9 Å². The molecule has 6 nitrogen and oxygen atoms in total. The van der Waals surface area contributed by atoms with Crippen LogP contribution < -0.4 is 9.47 Å². The van der Waals surface area contributed by atoms with E-state index in [9.17, 15) is 20.1 Å². The molecule has 0 saturated carbocycles. The number of methoxy groups -OCH3 is 1. The van der Waals surface area contributed by atoms with Gasteiger partial charge in [0.05, 0.1) is 12.7 Å². The van der Waals surface area contributed by atoms with Gasteiger partial charge in [0, 0.05) is 0 Å². The minimum Gasteiger partial charge on any atom is -0.504 e. The summed E-state index contributed by atoms with van der Waals surface area (Å²) in [4.78, 5) is 12.3. The highest BCUT2D eigenvalue weighted by Gasteiger charge is 2.31. The topological polar surface area (TPSA) is 96.2 Å². The first-order chi connectivity index (χ1) is 10.5. The Morgan fingerprint density at radius 2 is 1.77 bits per heavy atom. The third kappa shape index (κ3) is 2.10. The molecule has 0 bridgehead atoms. The second-order valence-corrected chi connectivity index (χ2v) is 4.68. The predicted octanol–water partition coefficient (Wildman–Crippen LogP) is 2.43. The monoisotopic (exact) mass is 300 g/mol. The van der Waals surface area contributed by atoms with E-state index in [4.69, 9.17) is 9.47 Å². The van der Waals surface area contributed by atoms with Crippen molar-refractivity contribution in [3.63, 3.8) is 0 Å². The molecule has 0 saturated heterocycles. The standard InChI is InChI=1S/C16H12O6/c1-21-16-11(18)5-3-9-14(20)13(22-15(9)16)7-8-2-4-10(17)12(19)6-8/h2-7,17-19H,1H3/b13-7+. The Morgan fingerprint density at radius 1 is 1.05 bits per heavy atom. The Morgan fingerprint density at radius 3 is 2.45 bits per heavy atom. The zero-order valence-electron chi connectivity index (χ0n) is 11.5. The fourth-order valence-electron chi connectivity index (χ4n) is 2.20. The Hall–Kier alpha value is -3.15. The second kappa shape index (κ2) is 5.00. The summed E-state index contributed by atoms with van der Waals surface area (Å²) in [6, 6.07) is 6.94. The van der Waals surface area contributed by atoms with Crippen LogP contribution in [-0.4, -0.2) is 28.2 Å². The third-order valence-corrected chi connectivity index (χ3v) is 3.27. The Bertz CT molecular complexity index is 807. The highest BCUT2D eigenvalue weighted by atomic mass is 16.5. The molecule has 1 heterocycles. The molecule has 6 heteroatoms. The summed E-state index contributed by atoms with van der Waals surface area (Å²) in [6.45, 7) is 0. The molecular formula is C16H12O6. The Labute approximate surface area is 125 Å². The van der Waals surface area contributed by atoms with Crippen LogP contribution in [0.3, 0.4) is 0 Å². The van der Waals surface area contributed by atoms with Gasteiger partial charge in [0.2, 0.25) is 11.5 Å². The quantitative estimate of drug-likeness (QED) is 0.582. The number of ether oxygens (including phenoxy) is 2. The zero-order valence-corrected chi connectivity index (χ0v) is 11.5. The van der Waals surface area contributed by atoms with Crippen molar-refractivity contribution in [2.45, 2.75) is 0 Å². The lowest BCUT2D eigenvalue weighted by Crippen LogP contribution is -1.97. The summed E-state index contributed by atoms with van der Waals surface area (Å²) < 4.78 is 10.5. The molecule has 0 aromatic heterocycles. The first-order valence-corrected chi connectivity index (χ1v) is 6.37. The van der Waals surface area contributed by atoms with Crippen LogP contribution in [0.15, 0.2) is 36.1 Å². The van der Waals surface area contributed by atoms with E-state index in [2.05, 4.69) is 0 Å². The van der Waals surface area contributed by atoms with Gasteiger partial charge in [-0.3, -0.25) is 4.79 Å².